The number of unbranched alkanes of at least 4 members (excludes halogenated alkanes) is 5. The van der Waals surface area contributed by atoms with Crippen molar-refractivity contribution in [2.24, 2.45) is 5.92 Å². The molecule has 1 saturated carbocycles. The summed E-state index contributed by atoms with van der Waals surface area (Å²) in [5.41, 5.74) is 0. The summed E-state index contributed by atoms with van der Waals surface area (Å²) < 4.78 is 0. The number of alkyl halides is 1. The van der Waals surface area contributed by atoms with Gasteiger partial charge in [-0.05, 0) is 12.3 Å². The minimum atomic E-state index is 0.849. The maximum atomic E-state index is 5.63. The van der Waals surface area contributed by atoms with Crippen LogP contribution in [0.3, 0.4) is 0 Å². The van der Waals surface area contributed by atoms with Gasteiger partial charge in [0.05, 0.1) is 0 Å². The molecule has 0 saturated heterocycles. The minimum absolute atomic E-state index is 0.849. The third-order valence-electron chi connectivity index (χ3n) is 3.47. The van der Waals surface area contributed by atoms with Crippen molar-refractivity contribution in [2.45, 2.75) is 70.6 Å². The highest BCUT2D eigenvalue weighted by Crippen LogP contribution is 2.29. The number of hydrogen-bond donors (Lipinski definition) is 0. The Hall–Kier alpha value is 0.290. The predicted molar refractivity (Wildman–Crippen MR) is 65.0 cm³/mol. The van der Waals surface area contributed by atoms with Crippen molar-refractivity contribution in [3.63, 3.8) is 0 Å². The number of halogens is 1. The summed E-state index contributed by atoms with van der Waals surface area (Å²) in [6.07, 6.45) is 15.9. The van der Waals surface area contributed by atoms with Crippen LogP contribution in [0.5, 0.6) is 0 Å². The summed E-state index contributed by atoms with van der Waals surface area (Å²) in [5, 5.41) is 0. The number of rotatable bonds is 8. The molecule has 0 N–H and O–H groups in total. The molecule has 0 nitrogen and oxygen atoms in total. The van der Waals surface area contributed by atoms with Gasteiger partial charge in [0.1, 0.15) is 0 Å². The molecule has 1 rings (SSSR count). The molecule has 0 aromatic carbocycles. The average Bonchev–Trinajstić information content (AvgIpc) is 2.69. The first-order valence-electron chi connectivity index (χ1n) is 6.49. The molecule has 0 aliphatic heterocycles. The highest BCUT2D eigenvalue weighted by Gasteiger charge is 2.13. The topological polar surface area (TPSA) is 0 Å². The molecular formula is C13H25Cl. The van der Waals surface area contributed by atoms with Crippen LogP contribution in [0.2, 0.25) is 0 Å². The summed E-state index contributed by atoms with van der Waals surface area (Å²) >= 11 is 5.63. The van der Waals surface area contributed by atoms with Gasteiger partial charge in [-0.25, -0.2) is 0 Å². The molecule has 0 aromatic heterocycles. The fourth-order valence-corrected chi connectivity index (χ4v) is 2.72. The third kappa shape index (κ3) is 5.90. The van der Waals surface area contributed by atoms with Gasteiger partial charge < -0.3 is 0 Å². The molecule has 1 fully saturated rings. The molecule has 0 spiro atoms. The van der Waals surface area contributed by atoms with E-state index in [-0.39, 0.29) is 0 Å². The zero-order valence-electron chi connectivity index (χ0n) is 9.44. The lowest BCUT2D eigenvalue weighted by atomic mass is 9.99. The van der Waals surface area contributed by atoms with Crippen LogP contribution in [0.25, 0.3) is 0 Å². The van der Waals surface area contributed by atoms with Crippen molar-refractivity contribution in [3.05, 3.63) is 0 Å². The summed E-state index contributed by atoms with van der Waals surface area (Å²) in [4.78, 5) is 0. The van der Waals surface area contributed by atoms with Crippen molar-refractivity contribution in [2.75, 3.05) is 5.88 Å². The molecule has 0 radical (unpaired) electrons. The Bertz CT molecular complexity index is 116. The standard InChI is InChI=1S/C13H25Cl/c14-12-8-4-2-1-3-5-9-13-10-6-7-11-13/h13H,1-12H2. The van der Waals surface area contributed by atoms with E-state index in [0.717, 1.165) is 11.8 Å². The first-order chi connectivity index (χ1) is 6.93. The lowest BCUT2D eigenvalue weighted by Gasteiger charge is -2.07. The molecule has 0 bridgehead atoms. The number of hydrogen-bond acceptors (Lipinski definition) is 0. The summed E-state index contributed by atoms with van der Waals surface area (Å²) in [6, 6.07) is 0. The van der Waals surface area contributed by atoms with E-state index in [1.807, 2.05) is 0 Å². The van der Waals surface area contributed by atoms with E-state index in [0.29, 0.717) is 0 Å². The van der Waals surface area contributed by atoms with E-state index in [4.69, 9.17) is 11.6 Å². The highest BCUT2D eigenvalue weighted by molar-refractivity contribution is 6.17. The van der Waals surface area contributed by atoms with Crippen molar-refractivity contribution in [1.29, 1.82) is 0 Å². The fraction of sp³-hybridized carbons (Fsp3) is 1.00. The smallest absolute Gasteiger partial charge is 0.0223 e. The van der Waals surface area contributed by atoms with Crippen LogP contribution in [0.4, 0.5) is 0 Å². The van der Waals surface area contributed by atoms with Gasteiger partial charge in [-0.2, -0.15) is 0 Å². The molecule has 0 heterocycles. The average molecular weight is 217 g/mol. The fourth-order valence-electron chi connectivity index (χ4n) is 2.53. The molecule has 0 unspecified atom stereocenters. The largest absolute Gasteiger partial charge is 0.127 e. The monoisotopic (exact) mass is 216 g/mol. The molecule has 0 amide bonds. The van der Waals surface area contributed by atoms with E-state index in [1.165, 1.54) is 70.6 Å². The Morgan fingerprint density at radius 1 is 0.786 bits per heavy atom. The lowest BCUT2D eigenvalue weighted by molar-refractivity contribution is 0.462. The van der Waals surface area contributed by atoms with Crippen LogP contribution in [0.1, 0.15) is 70.6 Å². The maximum Gasteiger partial charge on any atom is 0.0223 e. The molecule has 84 valence electrons. The second-order valence-corrected chi connectivity index (χ2v) is 5.13. The molecule has 0 atom stereocenters. The minimum Gasteiger partial charge on any atom is -0.127 e. The van der Waals surface area contributed by atoms with Crippen molar-refractivity contribution in [1.82, 2.24) is 0 Å². The van der Waals surface area contributed by atoms with Crippen molar-refractivity contribution >= 4 is 11.6 Å². The molecule has 14 heavy (non-hydrogen) atoms. The normalized spacial score (nSPS) is 17.8. The molecule has 1 aliphatic carbocycles. The van der Waals surface area contributed by atoms with E-state index in [9.17, 15) is 0 Å². The van der Waals surface area contributed by atoms with Crippen molar-refractivity contribution < 1.29 is 0 Å². The Morgan fingerprint density at radius 2 is 1.36 bits per heavy atom. The Morgan fingerprint density at radius 3 is 2.00 bits per heavy atom. The lowest BCUT2D eigenvalue weighted by Crippen LogP contribution is -1.92. The zero-order valence-corrected chi connectivity index (χ0v) is 10.2. The summed E-state index contributed by atoms with van der Waals surface area (Å²) in [6.45, 7) is 0. The van der Waals surface area contributed by atoms with E-state index in [2.05, 4.69) is 0 Å². The predicted octanol–water partition coefficient (Wildman–Crippen LogP) is 5.15. The van der Waals surface area contributed by atoms with E-state index in [1.54, 1.807) is 0 Å². The van der Waals surface area contributed by atoms with Crippen LogP contribution >= 0.6 is 11.6 Å². The quantitative estimate of drug-likeness (QED) is 0.389. The van der Waals surface area contributed by atoms with Crippen molar-refractivity contribution in [3.8, 4) is 0 Å². The van der Waals surface area contributed by atoms with Gasteiger partial charge >= 0.3 is 0 Å². The SMILES string of the molecule is ClCCCCCCCCC1CCCC1. The second-order valence-electron chi connectivity index (χ2n) is 4.75. The van der Waals surface area contributed by atoms with Crippen LogP contribution in [-0.4, -0.2) is 5.88 Å². The Kier molecular flexibility index (Phi) is 7.58. The maximum absolute atomic E-state index is 5.63. The first-order valence-corrected chi connectivity index (χ1v) is 7.03. The van der Waals surface area contributed by atoms with Gasteiger partial charge in [-0.3, -0.25) is 0 Å². The molecular weight excluding hydrogens is 192 g/mol. The van der Waals surface area contributed by atoms with E-state index >= 15 is 0 Å². The molecule has 1 aliphatic rings. The van der Waals surface area contributed by atoms with Crippen LogP contribution in [-0.2, 0) is 0 Å². The molecule has 0 aromatic rings. The Labute approximate surface area is 94.4 Å². The van der Waals surface area contributed by atoms with E-state index < -0.39 is 0 Å². The van der Waals surface area contributed by atoms with Gasteiger partial charge in [0.15, 0.2) is 0 Å². The highest BCUT2D eigenvalue weighted by atomic mass is 35.5. The van der Waals surface area contributed by atoms with Gasteiger partial charge in [0.25, 0.3) is 0 Å². The van der Waals surface area contributed by atoms with Gasteiger partial charge in [0.2, 0.25) is 0 Å². The van der Waals surface area contributed by atoms with Gasteiger partial charge in [-0.15, -0.1) is 11.6 Å². The summed E-state index contributed by atoms with van der Waals surface area (Å²) in [5.74, 6) is 1.94. The summed E-state index contributed by atoms with van der Waals surface area (Å²) in [7, 11) is 0. The van der Waals surface area contributed by atoms with Crippen LogP contribution < -0.4 is 0 Å². The van der Waals surface area contributed by atoms with Crippen LogP contribution in [0.15, 0.2) is 0 Å². The Balaban J connectivity index is 1.75. The van der Waals surface area contributed by atoms with Gasteiger partial charge in [0, 0.05) is 5.88 Å². The molecule has 1 heteroatoms. The van der Waals surface area contributed by atoms with Gasteiger partial charge in [-0.1, -0.05) is 64.2 Å². The first kappa shape index (κ1) is 12.4. The second kappa shape index (κ2) is 8.59. The van der Waals surface area contributed by atoms with Crippen LogP contribution in [0, 0.1) is 5.92 Å². The third-order valence-corrected chi connectivity index (χ3v) is 3.74. The zero-order chi connectivity index (χ0) is 10.1.